The third-order valence-electron chi connectivity index (χ3n) is 1.70. The maximum Gasteiger partial charge on any atom is 0 e. The molecule has 3 heteroatoms. The van der Waals surface area contributed by atoms with E-state index < -0.39 is 0 Å². The van der Waals surface area contributed by atoms with Gasteiger partial charge in [0.15, 0.2) is 0 Å². The van der Waals surface area contributed by atoms with E-state index in [2.05, 4.69) is 37.4 Å². The van der Waals surface area contributed by atoms with Crippen LogP contribution in [0.15, 0.2) is 0 Å². The summed E-state index contributed by atoms with van der Waals surface area (Å²) in [6.07, 6.45) is 0. The van der Waals surface area contributed by atoms with Crippen molar-refractivity contribution < 1.29 is 18.6 Å². The van der Waals surface area contributed by atoms with Gasteiger partial charge in [-0.15, -0.1) is 0 Å². The van der Waals surface area contributed by atoms with Crippen molar-refractivity contribution in [1.82, 2.24) is 4.37 Å². The molecule has 0 amide bonds. The van der Waals surface area contributed by atoms with Crippen LogP contribution >= 0.6 is 11.5 Å². The van der Waals surface area contributed by atoms with Crippen molar-refractivity contribution in [3.05, 3.63) is 16.6 Å². The van der Waals surface area contributed by atoms with E-state index in [0.717, 1.165) is 0 Å². The van der Waals surface area contributed by atoms with E-state index in [9.17, 15) is 0 Å². The molecule has 0 saturated carbocycles. The van der Waals surface area contributed by atoms with Crippen molar-refractivity contribution >= 4 is 11.5 Å². The summed E-state index contributed by atoms with van der Waals surface area (Å²) in [7, 11) is 0. The average Bonchev–Trinajstić information content (AvgIpc) is 2.32. The standard InChI is InChI=1S/C9H14NS.V/c1-6(2)8-5-11-10-9(8)7(3)4;/h6-7H,1-4H3;/q-1;. The Morgan fingerprint density at radius 3 is 2.08 bits per heavy atom. The van der Waals surface area contributed by atoms with E-state index >= 15 is 0 Å². The first kappa shape index (κ1) is 12.2. The fourth-order valence-corrected chi connectivity index (χ4v) is 1.94. The van der Waals surface area contributed by atoms with Crippen LogP contribution in [-0.2, 0) is 18.6 Å². The zero-order chi connectivity index (χ0) is 8.43. The monoisotopic (exact) mass is 219 g/mol. The Balaban J connectivity index is 0.00000121. The molecule has 1 aromatic rings. The molecule has 0 bridgehead atoms. The minimum Gasteiger partial charge on any atom is -0.313 e. The molecule has 0 aliphatic heterocycles. The molecule has 0 saturated heterocycles. The molecule has 0 atom stereocenters. The third-order valence-corrected chi connectivity index (χ3v) is 2.30. The molecule has 1 nitrogen and oxygen atoms in total. The zero-order valence-corrected chi connectivity index (χ0v) is 10.2. The van der Waals surface area contributed by atoms with E-state index in [1.54, 1.807) is 0 Å². The van der Waals surface area contributed by atoms with Crippen LogP contribution in [0, 0.1) is 5.38 Å². The van der Waals surface area contributed by atoms with Crippen molar-refractivity contribution in [1.29, 1.82) is 0 Å². The van der Waals surface area contributed by atoms with Crippen LogP contribution < -0.4 is 0 Å². The Hall–Kier alpha value is 0.214. The van der Waals surface area contributed by atoms with Gasteiger partial charge in [-0.1, -0.05) is 45.2 Å². The first-order chi connectivity index (χ1) is 5.13. The van der Waals surface area contributed by atoms with E-state index in [-0.39, 0.29) is 18.6 Å². The largest absolute Gasteiger partial charge is 0.313 e. The molecule has 0 spiro atoms. The van der Waals surface area contributed by atoms with Gasteiger partial charge in [-0.2, -0.15) is 22.5 Å². The minimum absolute atomic E-state index is 0. The Morgan fingerprint density at radius 2 is 1.75 bits per heavy atom. The zero-order valence-electron chi connectivity index (χ0n) is 7.96. The van der Waals surface area contributed by atoms with Crippen LogP contribution in [0.1, 0.15) is 50.8 Å². The first-order valence-electron chi connectivity index (χ1n) is 4.00. The van der Waals surface area contributed by atoms with Gasteiger partial charge in [0.2, 0.25) is 0 Å². The maximum absolute atomic E-state index is 4.32. The van der Waals surface area contributed by atoms with Crippen molar-refractivity contribution in [2.75, 3.05) is 0 Å². The van der Waals surface area contributed by atoms with E-state index in [1.807, 2.05) is 0 Å². The van der Waals surface area contributed by atoms with Gasteiger partial charge in [0.25, 0.3) is 0 Å². The number of hydrogen-bond acceptors (Lipinski definition) is 2. The van der Waals surface area contributed by atoms with E-state index in [0.29, 0.717) is 11.8 Å². The van der Waals surface area contributed by atoms with Gasteiger partial charge in [-0.3, -0.25) is 0 Å². The van der Waals surface area contributed by atoms with Crippen LogP contribution in [0.4, 0.5) is 0 Å². The second-order valence-electron chi connectivity index (χ2n) is 3.39. The topological polar surface area (TPSA) is 12.9 Å². The van der Waals surface area contributed by atoms with Gasteiger partial charge in [-0.05, 0) is 0 Å². The van der Waals surface area contributed by atoms with Gasteiger partial charge in [0.1, 0.15) is 0 Å². The van der Waals surface area contributed by atoms with Crippen molar-refractivity contribution in [3.8, 4) is 0 Å². The van der Waals surface area contributed by atoms with Crippen molar-refractivity contribution in [3.63, 3.8) is 0 Å². The van der Waals surface area contributed by atoms with Crippen molar-refractivity contribution in [2.45, 2.75) is 39.5 Å². The maximum atomic E-state index is 4.32. The fourth-order valence-electron chi connectivity index (χ4n) is 1.05. The molecule has 1 heterocycles. The Morgan fingerprint density at radius 1 is 1.17 bits per heavy atom. The quantitative estimate of drug-likeness (QED) is 0.696. The van der Waals surface area contributed by atoms with Crippen LogP contribution in [0.2, 0.25) is 0 Å². The van der Waals surface area contributed by atoms with Crippen molar-refractivity contribution in [2.24, 2.45) is 0 Å². The molecule has 1 rings (SSSR count). The summed E-state index contributed by atoms with van der Waals surface area (Å²) in [6.45, 7) is 8.72. The van der Waals surface area contributed by atoms with Gasteiger partial charge in [0.05, 0.1) is 0 Å². The molecular formula is C9H14NSV-. The second-order valence-corrected chi connectivity index (χ2v) is 3.96. The molecular weight excluding hydrogens is 205 g/mol. The summed E-state index contributed by atoms with van der Waals surface area (Å²) in [5, 5.41) is 3.22. The first-order valence-corrected chi connectivity index (χ1v) is 4.77. The van der Waals surface area contributed by atoms with Crippen LogP contribution in [0.25, 0.3) is 0 Å². The summed E-state index contributed by atoms with van der Waals surface area (Å²) in [5.74, 6) is 1.10. The molecule has 0 aliphatic rings. The SMILES string of the molecule is CC(C)c1[c-]snc1C(C)C.[V]. The van der Waals surface area contributed by atoms with Crippen LogP contribution in [-0.4, -0.2) is 4.37 Å². The minimum atomic E-state index is 0. The molecule has 0 fully saturated rings. The molecule has 12 heavy (non-hydrogen) atoms. The second kappa shape index (κ2) is 5.05. The van der Waals surface area contributed by atoms with Gasteiger partial charge >= 0.3 is 0 Å². The summed E-state index contributed by atoms with van der Waals surface area (Å²) in [5.41, 5.74) is 2.52. The predicted molar refractivity (Wildman–Crippen MR) is 49.1 cm³/mol. The third kappa shape index (κ3) is 2.61. The van der Waals surface area contributed by atoms with Gasteiger partial charge < -0.3 is 4.37 Å². The summed E-state index contributed by atoms with van der Waals surface area (Å²) in [4.78, 5) is 0. The predicted octanol–water partition coefficient (Wildman–Crippen LogP) is 3.19. The van der Waals surface area contributed by atoms with Gasteiger partial charge in [0, 0.05) is 18.6 Å². The van der Waals surface area contributed by atoms with Crippen LogP contribution in [0.3, 0.4) is 0 Å². The normalized spacial score (nSPS) is 10.5. The summed E-state index contributed by atoms with van der Waals surface area (Å²) >= 11 is 1.45. The molecule has 67 valence electrons. The Labute approximate surface area is 90.6 Å². The number of hydrogen-bond donors (Lipinski definition) is 0. The molecule has 1 radical (unpaired) electrons. The molecule has 0 unspecified atom stereocenters. The Kier molecular flexibility index (Phi) is 5.14. The number of rotatable bonds is 2. The van der Waals surface area contributed by atoms with Gasteiger partial charge in [-0.25, -0.2) is 0 Å². The fraction of sp³-hybridized carbons (Fsp3) is 0.667. The van der Waals surface area contributed by atoms with Crippen LogP contribution in [0.5, 0.6) is 0 Å². The Bertz CT molecular complexity index is 208. The molecule has 0 aromatic carbocycles. The average molecular weight is 219 g/mol. The van der Waals surface area contributed by atoms with E-state index in [1.165, 1.54) is 22.8 Å². The number of nitrogens with zero attached hydrogens (tertiary/aromatic N) is 1. The summed E-state index contributed by atoms with van der Waals surface area (Å²) < 4.78 is 4.32. The van der Waals surface area contributed by atoms with E-state index in [4.69, 9.17) is 0 Å². The molecule has 0 aliphatic carbocycles. The summed E-state index contributed by atoms with van der Waals surface area (Å²) in [6, 6.07) is 0. The molecule has 0 N–H and O–H groups in total. The number of aromatic nitrogens is 1. The molecule has 1 aromatic heterocycles. The smallest absolute Gasteiger partial charge is 0 e.